The van der Waals surface area contributed by atoms with E-state index in [0.717, 1.165) is 5.82 Å². The summed E-state index contributed by atoms with van der Waals surface area (Å²) in [7, 11) is 2.00. The van der Waals surface area contributed by atoms with E-state index in [1.807, 2.05) is 11.6 Å². The lowest BCUT2D eigenvalue weighted by atomic mass is 10.0. The average Bonchev–Trinajstić information content (AvgIpc) is 2.78. The topological polar surface area (TPSA) is 46.0 Å². The molecule has 18 heavy (non-hydrogen) atoms. The average molecular weight is 251 g/mol. The van der Waals surface area contributed by atoms with E-state index in [9.17, 15) is 0 Å². The van der Waals surface area contributed by atoms with Gasteiger partial charge < -0.3 is 14.8 Å². The number of nitrogens with zero attached hydrogens (tertiary/aromatic N) is 4. The molecule has 1 unspecified atom stereocenters. The van der Waals surface area contributed by atoms with Crippen molar-refractivity contribution in [2.24, 2.45) is 7.05 Å². The van der Waals surface area contributed by atoms with Crippen LogP contribution in [0.2, 0.25) is 0 Å². The predicted octanol–water partition coefficient (Wildman–Crippen LogP) is 1.34. The molecule has 5 nitrogen and oxygen atoms in total. The first kappa shape index (κ1) is 13.5. The van der Waals surface area contributed by atoms with Gasteiger partial charge in [-0.05, 0) is 45.8 Å². The summed E-state index contributed by atoms with van der Waals surface area (Å²) < 4.78 is 1.99. The van der Waals surface area contributed by atoms with Crippen LogP contribution >= 0.6 is 0 Å². The Kier molecular flexibility index (Phi) is 4.72. The van der Waals surface area contributed by atoms with E-state index in [2.05, 4.69) is 34.3 Å². The van der Waals surface area contributed by atoms with Crippen LogP contribution in [-0.2, 0) is 7.05 Å². The lowest BCUT2D eigenvalue weighted by Crippen LogP contribution is -2.43. The molecule has 2 heterocycles. The van der Waals surface area contributed by atoms with Gasteiger partial charge in [0.2, 0.25) is 0 Å². The first-order valence-electron chi connectivity index (χ1n) is 7.03. The molecule has 0 saturated carbocycles. The lowest BCUT2D eigenvalue weighted by Gasteiger charge is -2.33. The van der Waals surface area contributed by atoms with E-state index in [-0.39, 0.29) is 6.04 Å². The zero-order valence-corrected chi connectivity index (χ0v) is 11.8. The number of piperidine rings is 1. The van der Waals surface area contributed by atoms with Crippen LogP contribution in [0.25, 0.3) is 0 Å². The number of nitrogens with one attached hydrogen (secondary N) is 1. The summed E-state index contributed by atoms with van der Waals surface area (Å²) in [6, 6.07) is 0.894. The Hall–Kier alpha value is -0.940. The zero-order chi connectivity index (χ0) is 13.0. The van der Waals surface area contributed by atoms with Crippen LogP contribution in [0.3, 0.4) is 0 Å². The molecule has 0 amide bonds. The summed E-state index contributed by atoms with van der Waals surface area (Å²) >= 11 is 0. The van der Waals surface area contributed by atoms with Gasteiger partial charge in [-0.25, -0.2) is 0 Å². The van der Waals surface area contributed by atoms with Crippen molar-refractivity contribution in [2.75, 3.05) is 19.6 Å². The Morgan fingerprint density at radius 3 is 2.72 bits per heavy atom. The molecule has 1 atom stereocenters. The quantitative estimate of drug-likeness (QED) is 0.858. The van der Waals surface area contributed by atoms with E-state index in [1.165, 1.54) is 38.9 Å². The summed E-state index contributed by atoms with van der Waals surface area (Å²) in [6.45, 7) is 8.10. The summed E-state index contributed by atoms with van der Waals surface area (Å²) in [6.07, 6.45) is 5.50. The van der Waals surface area contributed by atoms with E-state index in [1.54, 1.807) is 6.33 Å². The van der Waals surface area contributed by atoms with Crippen LogP contribution < -0.4 is 5.32 Å². The van der Waals surface area contributed by atoms with Gasteiger partial charge in [0.25, 0.3) is 0 Å². The second-order valence-electron chi connectivity index (χ2n) is 5.30. The molecule has 0 aromatic carbocycles. The number of rotatable bonds is 5. The molecular formula is C13H25N5. The Balaban J connectivity index is 1.79. The highest BCUT2D eigenvalue weighted by atomic mass is 15.3. The van der Waals surface area contributed by atoms with E-state index in [4.69, 9.17) is 0 Å². The molecule has 1 aliphatic rings. The molecule has 1 aromatic rings. The standard InChI is InChI=1S/C13H25N5/c1-4-7-18-8-5-12(6-9-18)15-11(2)13-16-14-10-17(13)3/h10-12,15H,4-9H2,1-3H3. The van der Waals surface area contributed by atoms with Crippen LogP contribution in [0.4, 0.5) is 0 Å². The Morgan fingerprint density at radius 2 is 2.17 bits per heavy atom. The third-order valence-corrected chi connectivity index (χ3v) is 3.75. The highest BCUT2D eigenvalue weighted by molar-refractivity contribution is 4.94. The zero-order valence-electron chi connectivity index (χ0n) is 11.8. The minimum atomic E-state index is 0.278. The maximum absolute atomic E-state index is 4.17. The molecule has 1 fully saturated rings. The molecule has 0 aliphatic carbocycles. The van der Waals surface area contributed by atoms with Gasteiger partial charge in [0, 0.05) is 13.1 Å². The van der Waals surface area contributed by atoms with Crippen LogP contribution in [0.15, 0.2) is 6.33 Å². The smallest absolute Gasteiger partial charge is 0.149 e. The first-order chi connectivity index (χ1) is 8.70. The second-order valence-corrected chi connectivity index (χ2v) is 5.30. The van der Waals surface area contributed by atoms with Crippen molar-refractivity contribution in [2.45, 2.75) is 45.2 Å². The number of hydrogen-bond acceptors (Lipinski definition) is 4. The van der Waals surface area contributed by atoms with Gasteiger partial charge in [-0.2, -0.15) is 0 Å². The predicted molar refractivity (Wildman–Crippen MR) is 72.3 cm³/mol. The molecule has 1 aliphatic heterocycles. The van der Waals surface area contributed by atoms with Gasteiger partial charge >= 0.3 is 0 Å². The van der Waals surface area contributed by atoms with Gasteiger partial charge in [-0.3, -0.25) is 0 Å². The number of likely N-dealkylation sites (tertiary alicyclic amines) is 1. The molecule has 102 valence electrons. The fraction of sp³-hybridized carbons (Fsp3) is 0.846. The molecule has 1 aromatic heterocycles. The van der Waals surface area contributed by atoms with E-state index < -0.39 is 0 Å². The van der Waals surface area contributed by atoms with Gasteiger partial charge in [0.1, 0.15) is 12.2 Å². The molecular weight excluding hydrogens is 226 g/mol. The third kappa shape index (κ3) is 3.29. The van der Waals surface area contributed by atoms with Gasteiger partial charge in [-0.1, -0.05) is 6.92 Å². The van der Waals surface area contributed by atoms with Crippen molar-refractivity contribution < 1.29 is 0 Å². The highest BCUT2D eigenvalue weighted by Gasteiger charge is 2.21. The first-order valence-corrected chi connectivity index (χ1v) is 7.03. The van der Waals surface area contributed by atoms with Crippen LogP contribution in [-0.4, -0.2) is 45.3 Å². The second kappa shape index (κ2) is 6.29. The summed E-state index contributed by atoms with van der Waals surface area (Å²) in [5.41, 5.74) is 0. The van der Waals surface area contributed by atoms with Gasteiger partial charge in [-0.15, -0.1) is 10.2 Å². The molecule has 2 rings (SSSR count). The minimum absolute atomic E-state index is 0.278. The van der Waals surface area contributed by atoms with E-state index >= 15 is 0 Å². The normalized spacial score (nSPS) is 20.2. The van der Waals surface area contributed by atoms with E-state index in [0.29, 0.717) is 6.04 Å². The third-order valence-electron chi connectivity index (χ3n) is 3.75. The molecule has 1 N–H and O–H groups in total. The van der Waals surface area contributed by atoms with Crippen LogP contribution in [0.5, 0.6) is 0 Å². The van der Waals surface area contributed by atoms with Gasteiger partial charge in [0.05, 0.1) is 6.04 Å². The fourth-order valence-corrected chi connectivity index (χ4v) is 2.75. The van der Waals surface area contributed by atoms with Crippen LogP contribution in [0.1, 0.15) is 45.0 Å². The lowest BCUT2D eigenvalue weighted by molar-refractivity contribution is 0.191. The molecule has 0 bridgehead atoms. The van der Waals surface area contributed by atoms with Crippen molar-refractivity contribution in [1.29, 1.82) is 0 Å². The molecule has 1 saturated heterocycles. The Morgan fingerprint density at radius 1 is 1.44 bits per heavy atom. The van der Waals surface area contributed by atoms with Gasteiger partial charge in [0.15, 0.2) is 0 Å². The highest BCUT2D eigenvalue weighted by Crippen LogP contribution is 2.15. The number of aromatic nitrogens is 3. The van der Waals surface area contributed by atoms with Crippen molar-refractivity contribution in [3.05, 3.63) is 12.2 Å². The molecule has 0 radical (unpaired) electrons. The SMILES string of the molecule is CCCN1CCC(NC(C)c2nncn2C)CC1. The van der Waals surface area contributed by atoms with Crippen molar-refractivity contribution in [3.8, 4) is 0 Å². The Bertz CT molecular complexity index is 354. The fourth-order valence-electron chi connectivity index (χ4n) is 2.75. The molecule has 5 heteroatoms. The maximum Gasteiger partial charge on any atom is 0.149 e. The van der Waals surface area contributed by atoms with Crippen LogP contribution in [0, 0.1) is 0 Å². The van der Waals surface area contributed by atoms with Crippen molar-refractivity contribution >= 4 is 0 Å². The number of hydrogen-bond donors (Lipinski definition) is 1. The van der Waals surface area contributed by atoms with Crippen molar-refractivity contribution in [3.63, 3.8) is 0 Å². The maximum atomic E-state index is 4.17. The largest absolute Gasteiger partial charge is 0.319 e. The summed E-state index contributed by atoms with van der Waals surface area (Å²) in [4.78, 5) is 2.56. The summed E-state index contributed by atoms with van der Waals surface area (Å²) in [5, 5.41) is 11.8. The molecule has 0 spiro atoms. The van der Waals surface area contributed by atoms with Crippen molar-refractivity contribution in [1.82, 2.24) is 25.0 Å². The summed E-state index contributed by atoms with van der Waals surface area (Å²) in [5.74, 6) is 1.02. The Labute approximate surface area is 110 Å². The minimum Gasteiger partial charge on any atom is -0.319 e. The monoisotopic (exact) mass is 251 g/mol. The number of aryl methyl sites for hydroxylation is 1.